The summed E-state index contributed by atoms with van der Waals surface area (Å²) in [4.78, 5) is 0. The molecule has 0 amide bonds. The molecular formula is C13H8Br2F2N2O2. The molecule has 2 aromatic carbocycles. The van der Waals surface area contributed by atoms with Gasteiger partial charge in [0.15, 0.2) is 17.4 Å². The van der Waals surface area contributed by atoms with E-state index in [0.717, 1.165) is 0 Å². The number of rotatable bonds is 3. The smallest absolute Gasteiger partial charge is 0.180 e. The molecule has 0 aromatic heterocycles. The standard InChI is InChI=1S/C13H8Br2F2N2O2/c14-8-5-6(16)1-3-9(8)21-10-4-2-7(13(18)19-20)11(15)12(10)17/h1-5,20H,(H2,18,19). The predicted octanol–water partition coefficient (Wildman–Crippen LogP) is 4.38. The van der Waals surface area contributed by atoms with Crippen molar-refractivity contribution in [3.8, 4) is 11.5 Å². The first-order valence-corrected chi connectivity index (χ1v) is 7.11. The zero-order valence-corrected chi connectivity index (χ0v) is 13.5. The van der Waals surface area contributed by atoms with Crippen molar-refractivity contribution in [2.45, 2.75) is 0 Å². The first-order chi connectivity index (χ1) is 9.93. The molecule has 0 aliphatic rings. The second-order valence-corrected chi connectivity index (χ2v) is 5.55. The molecule has 0 bridgehead atoms. The molecule has 0 saturated carbocycles. The molecular weight excluding hydrogens is 414 g/mol. The van der Waals surface area contributed by atoms with Gasteiger partial charge >= 0.3 is 0 Å². The van der Waals surface area contributed by atoms with Crippen LogP contribution in [0.15, 0.2) is 44.4 Å². The lowest BCUT2D eigenvalue weighted by atomic mass is 10.2. The van der Waals surface area contributed by atoms with Gasteiger partial charge in [-0.25, -0.2) is 8.78 Å². The largest absolute Gasteiger partial charge is 0.453 e. The van der Waals surface area contributed by atoms with E-state index < -0.39 is 11.6 Å². The molecule has 0 fully saturated rings. The van der Waals surface area contributed by atoms with Crippen LogP contribution >= 0.6 is 31.9 Å². The summed E-state index contributed by atoms with van der Waals surface area (Å²) in [6, 6.07) is 6.51. The number of amidine groups is 1. The molecule has 0 saturated heterocycles. The monoisotopic (exact) mass is 420 g/mol. The fourth-order valence-electron chi connectivity index (χ4n) is 1.54. The lowest BCUT2D eigenvalue weighted by Crippen LogP contribution is -2.14. The van der Waals surface area contributed by atoms with Crippen molar-refractivity contribution in [2.75, 3.05) is 0 Å². The number of halogens is 4. The van der Waals surface area contributed by atoms with Crippen molar-refractivity contribution in [3.63, 3.8) is 0 Å². The molecule has 0 spiro atoms. The molecule has 2 rings (SSSR count). The molecule has 8 heteroatoms. The summed E-state index contributed by atoms with van der Waals surface area (Å²) in [5, 5.41) is 11.4. The van der Waals surface area contributed by atoms with Crippen molar-refractivity contribution in [1.29, 1.82) is 0 Å². The van der Waals surface area contributed by atoms with Gasteiger partial charge in [-0.15, -0.1) is 0 Å². The zero-order valence-electron chi connectivity index (χ0n) is 10.3. The maximum atomic E-state index is 14.2. The van der Waals surface area contributed by atoms with Crippen LogP contribution in [0.4, 0.5) is 8.78 Å². The average molecular weight is 422 g/mol. The fraction of sp³-hybridized carbons (Fsp3) is 0. The summed E-state index contributed by atoms with van der Waals surface area (Å²) in [6.45, 7) is 0. The number of nitrogens with zero attached hydrogens (tertiary/aromatic N) is 1. The number of oxime groups is 1. The van der Waals surface area contributed by atoms with Gasteiger partial charge in [-0.3, -0.25) is 0 Å². The van der Waals surface area contributed by atoms with Gasteiger partial charge < -0.3 is 15.7 Å². The first kappa shape index (κ1) is 15.7. The molecule has 0 atom stereocenters. The van der Waals surface area contributed by atoms with Crippen LogP contribution in [0, 0.1) is 11.6 Å². The van der Waals surface area contributed by atoms with Crippen LogP contribution in [0.3, 0.4) is 0 Å². The highest BCUT2D eigenvalue weighted by Gasteiger charge is 2.16. The Morgan fingerprint density at radius 1 is 1.14 bits per heavy atom. The van der Waals surface area contributed by atoms with Crippen molar-refractivity contribution < 1.29 is 18.7 Å². The third-order valence-electron chi connectivity index (χ3n) is 2.54. The maximum Gasteiger partial charge on any atom is 0.180 e. The Morgan fingerprint density at radius 3 is 2.43 bits per heavy atom. The van der Waals surface area contributed by atoms with Gasteiger partial charge in [0.1, 0.15) is 11.6 Å². The molecule has 21 heavy (non-hydrogen) atoms. The van der Waals surface area contributed by atoms with Crippen LogP contribution in [-0.2, 0) is 0 Å². The Kier molecular flexibility index (Phi) is 4.79. The second-order valence-electron chi connectivity index (χ2n) is 3.90. The number of nitrogens with two attached hydrogens (primary N) is 1. The van der Waals surface area contributed by atoms with Crippen LogP contribution in [0.25, 0.3) is 0 Å². The summed E-state index contributed by atoms with van der Waals surface area (Å²) in [5.74, 6) is -1.26. The van der Waals surface area contributed by atoms with Gasteiger partial charge in [-0.2, -0.15) is 0 Å². The van der Waals surface area contributed by atoms with Crippen LogP contribution in [0.2, 0.25) is 0 Å². The van der Waals surface area contributed by atoms with E-state index in [0.29, 0.717) is 4.47 Å². The molecule has 0 heterocycles. The minimum atomic E-state index is -0.727. The lowest BCUT2D eigenvalue weighted by Gasteiger charge is -2.11. The summed E-state index contributed by atoms with van der Waals surface area (Å²) in [7, 11) is 0. The highest BCUT2D eigenvalue weighted by Crippen LogP contribution is 2.35. The summed E-state index contributed by atoms with van der Waals surface area (Å²) < 4.78 is 32.9. The molecule has 0 aliphatic heterocycles. The Bertz CT molecular complexity index is 724. The highest BCUT2D eigenvalue weighted by molar-refractivity contribution is 9.10. The van der Waals surface area contributed by atoms with Gasteiger partial charge in [0, 0.05) is 5.56 Å². The molecule has 0 aliphatic carbocycles. The van der Waals surface area contributed by atoms with E-state index in [1.165, 1.54) is 30.3 Å². The predicted molar refractivity (Wildman–Crippen MR) is 80.8 cm³/mol. The third-order valence-corrected chi connectivity index (χ3v) is 3.94. The third kappa shape index (κ3) is 3.33. The van der Waals surface area contributed by atoms with E-state index in [-0.39, 0.29) is 27.4 Å². The van der Waals surface area contributed by atoms with E-state index in [2.05, 4.69) is 37.0 Å². The summed E-state index contributed by atoms with van der Waals surface area (Å²) >= 11 is 6.14. The quantitative estimate of drug-likeness (QED) is 0.334. The van der Waals surface area contributed by atoms with Crippen LogP contribution in [-0.4, -0.2) is 11.0 Å². The van der Waals surface area contributed by atoms with Crippen molar-refractivity contribution in [2.24, 2.45) is 10.9 Å². The van der Waals surface area contributed by atoms with Crippen LogP contribution in [0.5, 0.6) is 11.5 Å². The van der Waals surface area contributed by atoms with Gasteiger partial charge in [-0.1, -0.05) is 5.16 Å². The average Bonchev–Trinajstić information content (AvgIpc) is 2.46. The van der Waals surface area contributed by atoms with Crippen molar-refractivity contribution in [3.05, 3.63) is 56.5 Å². The summed E-state index contributed by atoms with van der Waals surface area (Å²) in [6.07, 6.45) is 0. The van der Waals surface area contributed by atoms with E-state index in [1.54, 1.807) is 0 Å². The van der Waals surface area contributed by atoms with Gasteiger partial charge in [-0.05, 0) is 62.2 Å². The normalized spacial score (nSPS) is 11.5. The Labute approximate surface area is 135 Å². The highest BCUT2D eigenvalue weighted by atomic mass is 79.9. The minimum Gasteiger partial charge on any atom is -0.453 e. The molecule has 110 valence electrons. The Morgan fingerprint density at radius 2 is 1.81 bits per heavy atom. The minimum absolute atomic E-state index is 0.00599. The fourth-order valence-corrected chi connectivity index (χ4v) is 2.50. The lowest BCUT2D eigenvalue weighted by molar-refractivity contribution is 0.318. The first-order valence-electron chi connectivity index (χ1n) is 5.53. The van der Waals surface area contributed by atoms with Gasteiger partial charge in [0.05, 0.1) is 8.95 Å². The summed E-state index contributed by atoms with van der Waals surface area (Å²) in [5.41, 5.74) is 5.60. The Hall–Kier alpha value is -1.67. The van der Waals surface area contributed by atoms with Gasteiger partial charge in [0.2, 0.25) is 0 Å². The molecule has 4 nitrogen and oxygen atoms in total. The van der Waals surface area contributed by atoms with Crippen molar-refractivity contribution in [1.82, 2.24) is 0 Å². The molecule has 0 radical (unpaired) electrons. The van der Waals surface area contributed by atoms with Gasteiger partial charge in [0.25, 0.3) is 0 Å². The van der Waals surface area contributed by atoms with E-state index >= 15 is 0 Å². The number of hydrogen-bond acceptors (Lipinski definition) is 3. The number of benzene rings is 2. The number of ether oxygens (including phenoxy) is 1. The van der Waals surface area contributed by atoms with E-state index in [1.807, 2.05) is 0 Å². The molecule has 0 unspecified atom stereocenters. The number of hydrogen-bond donors (Lipinski definition) is 2. The molecule has 2 aromatic rings. The second kappa shape index (κ2) is 6.40. The van der Waals surface area contributed by atoms with Crippen molar-refractivity contribution >= 4 is 37.7 Å². The Balaban J connectivity index is 2.40. The molecule has 3 N–H and O–H groups in total. The van der Waals surface area contributed by atoms with E-state index in [9.17, 15) is 8.78 Å². The van der Waals surface area contributed by atoms with Crippen LogP contribution < -0.4 is 10.5 Å². The maximum absolute atomic E-state index is 14.2. The van der Waals surface area contributed by atoms with E-state index in [4.69, 9.17) is 15.7 Å². The zero-order chi connectivity index (χ0) is 15.6. The van der Waals surface area contributed by atoms with Crippen LogP contribution in [0.1, 0.15) is 5.56 Å². The topological polar surface area (TPSA) is 67.8 Å². The SMILES string of the molecule is N/C(=N/O)c1ccc(Oc2ccc(F)cc2Br)c(F)c1Br.